The van der Waals surface area contributed by atoms with Crippen LogP contribution in [0, 0.1) is 0 Å². The fourth-order valence-corrected chi connectivity index (χ4v) is 2.50. The van der Waals surface area contributed by atoms with Crippen molar-refractivity contribution in [2.45, 2.75) is 13.5 Å². The summed E-state index contributed by atoms with van der Waals surface area (Å²) in [4.78, 5) is 11.5. The molecule has 5 heteroatoms. The van der Waals surface area contributed by atoms with Crippen molar-refractivity contribution in [3.8, 4) is 0 Å². The molecule has 0 N–H and O–H groups in total. The lowest BCUT2D eigenvalue weighted by atomic mass is 10.1. The van der Waals surface area contributed by atoms with E-state index in [1.54, 1.807) is 6.20 Å². The zero-order valence-corrected chi connectivity index (χ0v) is 11.2. The molecular formula is C13H15NO3S. The SMILES string of the molecule is CC(=O)c1cn(CCS(C)(=O)=O)c2ccccc12. The molecule has 4 nitrogen and oxygen atoms in total. The van der Waals surface area contributed by atoms with Gasteiger partial charge in [-0.05, 0) is 13.0 Å². The van der Waals surface area contributed by atoms with Gasteiger partial charge in [0.2, 0.25) is 0 Å². The molecule has 0 fully saturated rings. The van der Waals surface area contributed by atoms with Gasteiger partial charge in [-0.3, -0.25) is 4.79 Å². The third kappa shape index (κ3) is 2.61. The predicted molar refractivity (Wildman–Crippen MR) is 71.7 cm³/mol. The van der Waals surface area contributed by atoms with Crippen molar-refractivity contribution >= 4 is 26.5 Å². The van der Waals surface area contributed by atoms with E-state index in [2.05, 4.69) is 0 Å². The summed E-state index contributed by atoms with van der Waals surface area (Å²) in [5.74, 6) is 0.0625. The fourth-order valence-electron chi connectivity index (χ4n) is 1.98. The normalized spacial score (nSPS) is 11.9. The molecule has 0 atom stereocenters. The lowest BCUT2D eigenvalue weighted by Crippen LogP contribution is -2.10. The molecule has 1 heterocycles. The standard InChI is InChI=1S/C13H15NO3S/c1-10(15)12-9-14(7-8-18(2,16)17)13-6-4-3-5-11(12)13/h3-6,9H,7-8H2,1-2H3. The summed E-state index contributed by atoms with van der Waals surface area (Å²) in [6.45, 7) is 1.88. The molecule has 0 saturated heterocycles. The number of hydrogen-bond acceptors (Lipinski definition) is 3. The first kappa shape index (κ1) is 12.8. The van der Waals surface area contributed by atoms with Crippen LogP contribution < -0.4 is 0 Å². The number of hydrogen-bond donors (Lipinski definition) is 0. The predicted octanol–water partition coefficient (Wildman–Crippen LogP) is 1.89. The minimum absolute atomic E-state index is 0.00990. The lowest BCUT2D eigenvalue weighted by Gasteiger charge is -2.03. The monoisotopic (exact) mass is 265 g/mol. The van der Waals surface area contributed by atoms with E-state index in [9.17, 15) is 13.2 Å². The topological polar surface area (TPSA) is 56.1 Å². The average Bonchev–Trinajstić information content (AvgIpc) is 2.64. The van der Waals surface area contributed by atoms with Crippen LogP contribution in [0.4, 0.5) is 0 Å². The molecule has 96 valence electrons. The minimum Gasteiger partial charge on any atom is -0.346 e. The Labute approximate surface area is 106 Å². The van der Waals surface area contributed by atoms with Gasteiger partial charge in [-0.2, -0.15) is 0 Å². The van der Waals surface area contributed by atoms with Crippen LogP contribution in [0.5, 0.6) is 0 Å². The first-order valence-corrected chi connectivity index (χ1v) is 7.71. The average molecular weight is 265 g/mol. The molecule has 0 spiro atoms. The molecule has 1 aromatic carbocycles. The third-order valence-electron chi connectivity index (χ3n) is 2.87. The molecule has 0 saturated carbocycles. The molecule has 0 amide bonds. The van der Waals surface area contributed by atoms with Crippen LogP contribution in [0.25, 0.3) is 10.9 Å². The lowest BCUT2D eigenvalue weighted by molar-refractivity contribution is 0.101. The van der Waals surface area contributed by atoms with Gasteiger partial charge in [-0.1, -0.05) is 18.2 Å². The summed E-state index contributed by atoms with van der Waals surface area (Å²) in [6.07, 6.45) is 2.95. The Morgan fingerprint density at radius 1 is 1.28 bits per heavy atom. The largest absolute Gasteiger partial charge is 0.346 e. The summed E-state index contributed by atoms with van der Waals surface area (Å²) >= 11 is 0. The van der Waals surface area contributed by atoms with Crippen molar-refractivity contribution in [1.82, 2.24) is 4.57 Å². The fraction of sp³-hybridized carbons (Fsp3) is 0.308. The van der Waals surface area contributed by atoms with Crippen molar-refractivity contribution in [3.63, 3.8) is 0 Å². The Hall–Kier alpha value is -1.62. The van der Waals surface area contributed by atoms with Gasteiger partial charge >= 0.3 is 0 Å². The van der Waals surface area contributed by atoms with Gasteiger partial charge in [0, 0.05) is 35.5 Å². The Kier molecular flexibility index (Phi) is 3.26. The highest BCUT2D eigenvalue weighted by Gasteiger charge is 2.12. The maximum atomic E-state index is 11.5. The summed E-state index contributed by atoms with van der Waals surface area (Å²) in [5, 5.41) is 0.874. The van der Waals surface area contributed by atoms with Crippen LogP contribution in [0.1, 0.15) is 17.3 Å². The first-order chi connectivity index (χ1) is 8.38. The van der Waals surface area contributed by atoms with Crippen LogP contribution in [-0.2, 0) is 16.4 Å². The van der Waals surface area contributed by atoms with Crippen LogP contribution in [0.2, 0.25) is 0 Å². The number of fused-ring (bicyclic) bond motifs is 1. The first-order valence-electron chi connectivity index (χ1n) is 5.65. The Bertz CT molecular complexity index is 698. The van der Waals surface area contributed by atoms with E-state index in [0.29, 0.717) is 12.1 Å². The number of ketones is 1. The third-order valence-corrected chi connectivity index (χ3v) is 3.80. The van der Waals surface area contributed by atoms with E-state index < -0.39 is 9.84 Å². The van der Waals surface area contributed by atoms with Crippen molar-refractivity contribution in [1.29, 1.82) is 0 Å². The van der Waals surface area contributed by atoms with Crippen LogP contribution in [-0.4, -0.2) is 30.8 Å². The molecule has 2 rings (SSSR count). The van der Waals surface area contributed by atoms with Gasteiger partial charge in [0.15, 0.2) is 5.78 Å². The Morgan fingerprint density at radius 3 is 2.56 bits per heavy atom. The zero-order chi connectivity index (χ0) is 13.3. The van der Waals surface area contributed by atoms with E-state index in [1.807, 2.05) is 28.8 Å². The Balaban J connectivity index is 2.48. The molecule has 2 aromatic rings. The van der Waals surface area contributed by atoms with Gasteiger partial charge in [-0.25, -0.2) is 8.42 Å². The molecule has 18 heavy (non-hydrogen) atoms. The number of carbonyl (C=O) groups is 1. The maximum Gasteiger partial charge on any atom is 0.161 e. The summed E-state index contributed by atoms with van der Waals surface area (Å²) in [7, 11) is -3.01. The van der Waals surface area contributed by atoms with Crippen LogP contribution in [0.3, 0.4) is 0 Å². The van der Waals surface area contributed by atoms with Gasteiger partial charge in [-0.15, -0.1) is 0 Å². The van der Waals surface area contributed by atoms with Gasteiger partial charge in [0.1, 0.15) is 9.84 Å². The Morgan fingerprint density at radius 2 is 1.94 bits per heavy atom. The maximum absolute atomic E-state index is 11.5. The van der Waals surface area contributed by atoms with Crippen molar-refractivity contribution < 1.29 is 13.2 Å². The smallest absolute Gasteiger partial charge is 0.161 e. The second kappa shape index (κ2) is 4.57. The molecule has 0 bridgehead atoms. The molecule has 0 unspecified atom stereocenters. The number of para-hydroxylation sites is 1. The van der Waals surface area contributed by atoms with Gasteiger partial charge in [0.25, 0.3) is 0 Å². The molecule has 0 aliphatic rings. The summed E-state index contributed by atoms with van der Waals surface area (Å²) in [6, 6.07) is 7.52. The highest BCUT2D eigenvalue weighted by atomic mass is 32.2. The number of aryl methyl sites for hydroxylation is 1. The molecule has 0 aliphatic carbocycles. The van der Waals surface area contributed by atoms with E-state index in [0.717, 1.165) is 10.9 Å². The van der Waals surface area contributed by atoms with E-state index >= 15 is 0 Å². The van der Waals surface area contributed by atoms with E-state index in [1.165, 1.54) is 13.2 Å². The number of rotatable bonds is 4. The number of Topliss-reactive ketones (excluding diaryl/α,β-unsaturated/α-hetero) is 1. The number of carbonyl (C=O) groups excluding carboxylic acids is 1. The second-order valence-electron chi connectivity index (χ2n) is 4.44. The second-order valence-corrected chi connectivity index (χ2v) is 6.70. The van der Waals surface area contributed by atoms with Crippen LogP contribution >= 0.6 is 0 Å². The van der Waals surface area contributed by atoms with Gasteiger partial charge in [0.05, 0.1) is 5.75 Å². The number of sulfone groups is 1. The van der Waals surface area contributed by atoms with Crippen molar-refractivity contribution in [3.05, 3.63) is 36.0 Å². The minimum atomic E-state index is -3.01. The van der Waals surface area contributed by atoms with Crippen LogP contribution in [0.15, 0.2) is 30.5 Å². The van der Waals surface area contributed by atoms with Gasteiger partial charge < -0.3 is 4.57 Å². The molecule has 0 radical (unpaired) electrons. The highest BCUT2D eigenvalue weighted by Crippen LogP contribution is 2.21. The molecule has 0 aliphatic heterocycles. The van der Waals surface area contributed by atoms with Crippen molar-refractivity contribution in [2.24, 2.45) is 0 Å². The summed E-state index contributed by atoms with van der Waals surface area (Å²) < 4.78 is 24.2. The summed E-state index contributed by atoms with van der Waals surface area (Å²) in [5.41, 5.74) is 1.53. The number of nitrogens with zero attached hydrogens (tertiary/aromatic N) is 1. The highest BCUT2D eigenvalue weighted by molar-refractivity contribution is 7.90. The molecular weight excluding hydrogens is 250 g/mol. The van der Waals surface area contributed by atoms with E-state index in [-0.39, 0.29) is 11.5 Å². The number of benzene rings is 1. The molecule has 1 aromatic heterocycles. The number of aromatic nitrogens is 1. The van der Waals surface area contributed by atoms with E-state index in [4.69, 9.17) is 0 Å². The zero-order valence-electron chi connectivity index (χ0n) is 10.4. The van der Waals surface area contributed by atoms with Crippen molar-refractivity contribution in [2.75, 3.05) is 12.0 Å². The quantitative estimate of drug-likeness (QED) is 0.793.